The van der Waals surface area contributed by atoms with Crippen LogP contribution in [0.4, 0.5) is 0 Å². The monoisotopic (exact) mass is 272 g/mol. The van der Waals surface area contributed by atoms with Crippen LogP contribution in [0.25, 0.3) is 0 Å². The van der Waals surface area contributed by atoms with Gasteiger partial charge >= 0.3 is 0 Å². The quantitative estimate of drug-likeness (QED) is 0.649. The van der Waals surface area contributed by atoms with Gasteiger partial charge in [0.1, 0.15) is 0 Å². The Hall–Kier alpha value is -1.65. The first-order valence-electron chi connectivity index (χ1n) is 7.09. The number of aromatic nitrogens is 2. The molecule has 0 amide bonds. The number of benzene rings is 1. The lowest BCUT2D eigenvalue weighted by Gasteiger charge is -2.17. The molecule has 1 atom stereocenters. The predicted molar refractivity (Wildman–Crippen MR) is 82.3 cm³/mol. The van der Waals surface area contributed by atoms with E-state index in [1.165, 1.54) is 22.4 Å². The maximum absolute atomic E-state index is 5.76. The lowest BCUT2D eigenvalue weighted by atomic mass is 9.98. The third kappa shape index (κ3) is 3.26. The Bertz CT molecular complexity index is 566. The number of hydrogen-bond acceptors (Lipinski definition) is 3. The van der Waals surface area contributed by atoms with Crippen LogP contribution in [-0.2, 0) is 19.9 Å². The molecule has 3 N–H and O–H groups in total. The van der Waals surface area contributed by atoms with Crippen LogP contribution >= 0.6 is 0 Å². The number of rotatable bonds is 5. The first kappa shape index (κ1) is 14.8. The summed E-state index contributed by atoms with van der Waals surface area (Å²) in [6.45, 7) is 6.35. The summed E-state index contributed by atoms with van der Waals surface area (Å²) in [6, 6.07) is 8.82. The second-order valence-corrected chi connectivity index (χ2v) is 5.45. The topological polar surface area (TPSA) is 55.9 Å². The number of nitrogens with two attached hydrogens (primary N) is 1. The van der Waals surface area contributed by atoms with Gasteiger partial charge in [0.15, 0.2) is 0 Å². The summed E-state index contributed by atoms with van der Waals surface area (Å²) in [5.74, 6) is 5.76. The zero-order chi connectivity index (χ0) is 14.7. The van der Waals surface area contributed by atoms with E-state index in [0.29, 0.717) is 0 Å². The van der Waals surface area contributed by atoms with Crippen molar-refractivity contribution in [3.63, 3.8) is 0 Å². The van der Waals surface area contributed by atoms with E-state index in [9.17, 15) is 0 Å². The van der Waals surface area contributed by atoms with Gasteiger partial charge in [0.05, 0.1) is 11.7 Å². The minimum atomic E-state index is 0.105. The average Bonchev–Trinajstić information content (AvgIpc) is 2.75. The van der Waals surface area contributed by atoms with Gasteiger partial charge in [-0.05, 0) is 31.9 Å². The highest BCUT2D eigenvalue weighted by Gasteiger charge is 2.14. The van der Waals surface area contributed by atoms with Crippen molar-refractivity contribution < 1.29 is 0 Å². The van der Waals surface area contributed by atoms with E-state index < -0.39 is 0 Å². The molecule has 1 aromatic carbocycles. The Labute approximate surface area is 121 Å². The van der Waals surface area contributed by atoms with Crippen LogP contribution in [0.15, 0.2) is 24.3 Å². The molecule has 2 aromatic rings. The van der Waals surface area contributed by atoms with E-state index in [1.807, 2.05) is 11.7 Å². The van der Waals surface area contributed by atoms with Crippen LogP contribution in [0.5, 0.6) is 0 Å². The molecule has 0 aliphatic rings. The van der Waals surface area contributed by atoms with Crippen LogP contribution in [0.1, 0.15) is 41.0 Å². The number of nitrogens with zero attached hydrogens (tertiary/aromatic N) is 2. The van der Waals surface area contributed by atoms with Gasteiger partial charge in [-0.3, -0.25) is 16.0 Å². The smallest absolute Gasteiger partial charge is 0.0624 e. The molecule has 108 valence electrons. The van der Waals surface area contributed by atoms with Gasteiger partial charge in [-0.2, -0.15) is 5.10 Å². The molecule has 4 heteroatoms. The highest BCUT2D eigenvalue weighted by atomic mass is 15.3. The summed E-state index contributed by atoms with van der Waals surface area (Å²) in [5.41, 5.74) is 9.01. The SMILES string of the molecule is CCc1cc(CC(NN)c2cc(C)cc(C)c2)n(C)n1. The van der Waals surface area contributed by atoms with Gasteiger partial charge in [-0.15, -0.1) is 0 Å². The van der Waals surface area contributed by atoms with Crippen LogP contribution in [0.3, 0.4) is 0 Å². The summed E-state index contributed by atoms with van der Waals surface area (Å²) < 4.78 is 1.95. The molecule has 1 heterocycles. The fourth-order valence-corrected chi connectivity index (χ4v) is 2.63. The maximum atomic E-state index is 5.76. The van der Waals surface area contributed by atoms with E-state index >= 15 is 0 Å². The maximum Gasteiger partial charge on any atom is 0.0624 e. The molecular formula is C16H24N4. The lowest BCUT2D eigenvalue weighted by Crippen LogP contribution is -2.30. The number of hydrogen-bond donors (Lipinski definition) is 2. The highest BCUT2D eigenvalue weighted by molar-refractivity contribution is 5.31. The Morgan fingerprint density at radius 1 is 1.20 bits per heavy atom. The molecule has 2 rings (SSSR count). The second-order valence-electron chi connectivity index (χ2n) is 5.45. The summed E-state index contributed by atoms with van der Waals surface area (Å²) in [5, 5.41) is 4.49. The molecule has 0 fully saturated rings. The van der Waals surface area contributed by atoms with Crippen molar-refractivity contribution in [1.29, 1.82) is 0 Å². The number of aryl methyl sites for hydroxylation is 4. The summed E-state index contributed by atoms with van der Waals surface area (Å²) >= 11 is 0. The zero-order valence-electron chi connectivity index (χ0n) is 12.8. The van der Waals surface area contributed by atoms with Gasteiger partial charge in [0, 0.05) is 19.2 Å². The number of nitrogens with one attached hydrogen (secondary N) is 1. The van der Waals surface area contributed by atoms with Gasteiger partial charge in [-0.1, -0.05) is 36.2 Å². The first-order valence-corrected chi connectivity index (χ1v) is 7.09. The Kier molecular flexibility index (Phi) is 4.57. The Balaban J connectivity index is 2.25. The lowest BCUT2D eigenvalue weighted by molar-refractivity contribution is 0.529. The third-order valence-electron chi connectivity index (χ3n) is 3.65. The molecule has 1 unspecified atom stereocenters. The van der Waals surface area contributed by atoms with Crippen molar-refractivity contribution in [3.8, 4) is 0 Å². The molecule has 1 aromatic heterocycles. The van der Waals surface area contributed by atoms with Crippen LogP contribution < -0.4 is 11.3 Å². The normalized spacial score (nSPS) is 12.7. The van der Waals surface area contributed by atoms with Crippen LogP contribution in [0, 0.1) is 13.8 Å². The van der Waals surface area contributed by atoms with Crippen molar-refractivity contribution in [3.05, 3.63) is 52.3 Å². The minimum absolute atomic E-state index is 0.105. The van der Waals surface area contributed by atoms with Gasteiger partial charge in [-0.25, -0.2) is 0 Å². The standard InChI is InChI=1S/C16H24N4/c1-5-14-9-15(20(4)19-14)10-16(18-17)13-7-11(2)6-12(3)8-13/h6-9,16,18H,5,10,17H2,1-4H3. The Morgan fingerprint density at radius 3 is 2.35 bits per heavy atom. The molecule has 0 spiro atoms. The molecule has 0 radical (unpaired) electrons. The molecule has 0 saturated carbocycles. The second kappa shape index (κ2) is 6.20. The largest absolute Gasteiger partial charge is 0.272 e. The van der Waals surface area contributed by atoms with E-state index in [-0.39, 0.29) is 6.04 Å². The molecule has 0 saturated heterocycles. The molecule has 20 heavy (non-hydrogen) atoms. The van der Waals surface area contributed by atoms with Gasteiger partial charge in [0.2, 0.25) is 0 Å². The highest BCUT2D eigenvalue weighted by Crippen LogP contribution is 2.21. The van der Waals surface area contributed by atoms with Crippen molar-refractivity contribution >= 4 is 0 Å². The zero-order valence-corrected chi connectivity index (χ0v) is 12.8. The average molecular weight is 272 g/mol. The molecule has 0 aliphatic heterocycles. The van der Waals surface area contributed by atoms with Gasteiger partial charge in [0.25, 0.3) is 0 Å². The molecule has 0 aliphatic carbocycles. The van der Waals surface area contributed by atoms with Crippen LogP contribution in [0.2, 0.25) is 0 Å². The fraction of sp³-hybridized carbons (Fsp3) is 0.438. The minimum Gasteiger partial charge on any atom is -0.272 e. The van der Waals surface area contributed by atoms with E-state index in [4.69, 9.17) is 5.84 Å². The first-order chi connectivity index (χ1) is 9.53. The molecule has 4 nitrogen and oxygen atoms in total. The molecule has 0 bridgehead atoms. The van der Waals surface area contributed by atoms with E-state index in [2.05, 4.69) is 55.6 Å². The predicted octanol–water partition coefficient (Wildman–Crippen LogP) is 2.35. The summed E-state index contributed by atoms with van der Waals surface area (Å²) in [7, 11) is 1.99. The molecular weight excluding hydrogens is 248 g/mol. The van der Waals surface area contributed by atoms with Gasteiger partial charge < -0.3 is 0 Å². The summed E-state index contributed by atoms with van der Waals surface area (Å²) in [6.07, 6.45) is 1.79. The Morgan fingerprint density at radius 2 is 1.85 bits per heavy atom. The van der Waals surface area contributed by atoms with E-state index in [1.54, 1.807) is 0 Å². The van der Waals surface area contributed by atoms with Crippen molar-refractivity contribution in [1.82, 2.24) is 15.2 Å². The van der Waals surface area contributed by atoms with Crippen LogP contribution in [-0.4, -0.2) is 9.78 Å². The fourth-order valence-electron chi connectivity index (χ4n) is 2.63. The summed E-state index contributed by atoms with van der Waals surface area (Å²) in [4.78, 5) is 0. The third-order valence-corrected chi connectivity index (χ3v) is 3.65. The number of hydrazine groups is 1. The van der Waals surface area contributed by atoms with E-state index in [0.717, 1.165) is 18.5 Å². The van der Waals surface area contributed by atoms with Crippen molar-refractivity contribution in [2.75, 3.05) is 0 Å². The van der Waals surface area contributed by atoms with Crippen molar-refractivity contribution in [2.45, 2.75) is 39.7 Å². The van der Waals surface area contributed by atoms with Crippen molar-refractivity contribution in [2.24, 2.45) is 12.9 Å².